The number of sulfonamides is 1. The molecule has 3 aromatic carbocycles. The van der Waals surface area contributed by atoms with Crippen LogP contribution in [0.25, 0.3) is 0 Å². The van der Waals surface area contributed by atoms with Crippen molar-refractivity contribution in [2.45, 2.75) is 23.9 Å². The number of anilines is 1. The third-order valence-electron chi connectivity index (χ3n) is 5.32. The summed E-state index contributed by atoms with van der Waals surface area (Å²) in [6, 6.07) is 25.6. The number of hydrogen-bond acceptors (Lipinski definition) is 4. The number of amides is 1. The van der Waals surface area contributed by atoms with E-state index in [0.29, 0.717) is 18.7 Å². The van der Waals surface area contributed by atoms with Crippen molar-refractivity contribution >= 4 is 21.6 Å². The minimum absolute atomic E-state index is 0.0902. The van der Waals surface area contributed by atoms with Gasteiger partial charge in [0.1, 0.15) is 0 Å². The Morgan fingerprint density at radius 2 is 1.65 bits per heavy atom. The van der Waals surface area contributed by atoms with E-state index in [1.807, 2.05) is 60.7 Å². The van der Waals surface area contributed by atoms with E-state index in [2.05, 4.69) is 10.0 Å². The Balaban J connectivity index is 1.41. The first-order valence-corrected chi connectivity index (χ1v) is 11.7. The van der Waals surface area contributed by atoms with Crippen molar-refractivity contribution in [2.24, 2.45) is 0 Å². The quantitative estimate of drug-likeness (QED) is 0.596. The predicted molar refractivity (Wildman–Crippen MR) is 121 cm³/mol. The molecule has 1 heterocycles. The third kappa shape index (κ3) is 5.31. The topological polar surface area (TPSA) is 78.5 Å². The Kier molecular flexibility index (Phi) is 6.34. The fraction of sp³-hybridized carbons (Fsp3) is 0.208. The summed E-state index contributed by atoms with van der Waals surface area (Å²) in [7, 11) is -3.72. The van der Waals surface area contributed by atoms with Crippen molar-refractivity contribution in [1.29, 1.82) is 0 Å². The average Bonchev–Trinajstić information content (AvgIpc) is 3.27. The van der Waals surface area contributed by atoms with Crippen LogP contribution < -0.4 is 10.0 Å². The van der Waals surface area contributed by atoms with E-state index >= 15 is 0 Å². The van der Waals surface area contributed by atoms with Crippen LogP contribution in [-0.2, 0) is 16.6 Å². The van der Waals surface area contributed by atoms with E-state index in [1.165, 1.54) is 12.1 Å². The van der Waals surface area contributed by atoms with Gasteiger partial charge in [0.15, 0.2) is 0 Å². The number of carbonyl (C=O) groups excluding carboxylic acids is 1. The van der Waals surface area contributed by atoms with Crippen LogP contribution >= 0.6 is 0 Å². The van der Waals surface area contributed by atoms with E-state index in [-0.39, 0.29) is 23.4 Å². The maximum Gasteiger partial charge on any atom is 0.253 e. The standard InChI is InChI=1S/C24H25N3O3S/c28-24(27-15-14-22(18-27)26-21-11-5-2-6-12-21)20-10-7-13-23(16-20)31(29,30)25-17-19-8-3-1-4-9-19/h1-13,16,22,25-26H,14-15,17-18H2. The summed E-state index contributed by atoms with van der Waals surface area (Å²) >= 11 is 0. The number of hydrogen-bond donors (Lipinski definition) is 2. The molecule has 0 radical (unpaired) electrons. The summed E-state index contributed by atoms with van der Waals surface area (Å²) < 4.78 is 28.0. The van der Waals surface area contributed by atoms with Crippen LogP contribution in [0.5, 0.6) is 0 Å². The van der Waals surface area contributed by atoms with Gasteiger partial charge in [0, 0.05) is 36.9 Å². The minimum atomic E-state index is -3.72. The van der Waals surface area contributed by atoms with Crippen molar-refractivity contribution in [1.82, 2.24) is 9.62 Å². The molecule has 1 aliphatic heterocycles. The average molecular weight is 436 g/mol. The molecule has 1 amide bonds. The first-order valence-electron chi connectivity index (χ1n) is 10.3. The first-order chi connectivity index (χ1) is 15.0. The fourth-order valence-electron chi connectivity index (χ4n) is 3.67. The maximum atomic E-state index is 13.0. The zero-order valence-corrected chi connectivity index (χ0v) is 17.9. The number of para-hydroxylation sites is 1. The van der Waals surface area contributed by atoms with E-state index in [0.717, 1.165) is 17.7 Å². The molecule has 1 atom stereocenters. The summed E-state index contributed by atoms with van der Waals surface area (Å²) in [6.07, 6.45) is 0.844. The molecule has 0 spiro atoms. The number of carbonyl (C=O) groups is 1. The van der Waals surface area contributed by atoms with Crippen LogP contribution in [0.2, 0.25) is 0 Å². The van der Waals surface area contributed by atoms with E-state index < -0.39 is 10.0 Å². The van der Waals surface area contributed by atoms with Gasteiger partial charge in [-0.05, 0) is 42.3 Å². The summed E-state index contributed by atoms with van der Waals surface area (Å²) in [6.45, 7) is 1.41. The molecule has 31 heavy (non-hydrogen) atoms. The van der Waals surface area contributed by atoms with Gasteiger partial charge in [0.2, 0.25) is 10.0 Å². The highest BCUT2D eigenvalue weighted by molar-refractivity contribution is 7.89. The summed E-state index contributed by atoms with van der Waals surface area (Å²) in [5.41, 5.74) is 2.27. The van der Waals surface area contributed by atoms with Crippen LogP contribution in [-0.4, -0.2) is 38.4 Å². The molecule has 0 aromatic heterocycles. The highest BCUT2D eigenvalue weighted by Crippen LogP contribution is 2.19. The number of nitrogens with zero attached hydrogens (tertiary/aromatic N) is 1. The molecule has 160 valence electrons. The molecule has 2 N–H and O–H groups in total. The Labute approximate surface area is 183 Å². The van der Waals surface area contributed by atoms with Crippen molar-refractivity contribution < 1.29 is 13.2 Å². The molecular formula is C24H25N3O3S. The second kappa shape index (κ2) is 9.32. The lowest BCUT2D eigenvalue weighted by molar-refractivity contribution is 0.0791. The van der Waals surface area contributed by atoms with Gasteiger partial charge in [0.25, 0.3) is 5.91 Å². The second-order valence-electron chi connectivity index (χ2n) is 7.59. The zero-order valence-electron chi connectivity index (χ0n) is 17.1. The lowest BCUT2D eigenvalue weighted by Gasteiger charge is -2.18. The highest BCUT2D eigenvalue weighted by atomic mass is 32.2. The number of rotatable bonds is 7. The van der Waals surface area contributed by atoms with E-state index in [1.54, 1.807) is 17.0 Å². The van der Waals surface area contributed by atoms with Crippen molar-refractivity contribution in [3.05, 3.63) is 96.1 Å². The Hall–Kier alpha value is -3.16. The SMILES string of the molecule is O=C(c1cccc(S(=O)(=O)NCc2ccccc2)c1)N1CCC(Nc2ccccc2)C1. The molecule has 7 heteroatoms. The molecule has 6 nitrogen and oxygen atoms in total. The first kappa shape index (κ1) is 21.1. The third-order valence-corrected chi connectivity index (χ3v) is 6.72. The lowest BCUT2D eigenvalue weighted by atomic mass is 10.2. The second-order valence-corrected chi connectivity index (χ2v) is 9.35. The molecule has 0 saturated carbocycles. The van der Waals surface area contributed by atoms with Crippen LogP contribution in [0, 0.1) is 0 Å². The van der Waals surface area contributed by atoms with Crippen LogP contribution in [0.15, 0.2) is 89.8 Å². The Morgan fingerprint density at radius 1 is 0.935 bits per heavy atom. The lowest BCUT2D eigenvalue weighted by Crippen LogP contribution is -2.31. The van der Waals surface area contributed by atoms with E-state index in [4.69, 9.17) is 0 Å². The van der Waals surface area contributed by atoms with Gasteiger partial charge in [-0.15, -0.1) is 0 Å². The fourth-order valence-corrected chi connectivity index (χ4v) is 4.73. The summed E-state index contributed by atoms with van der Waals surface area (Å²) in [5, 5.41) is 3.45. The molecule has 1 fully saturated rings. The molecule has 0 bridgehead atoms. The van der Waals surface area contributed by atoms with Gasteiger partial charge in [-0.3, -0.25) is 4.79 Å². The number of benzene rings is 3. The van der Waals surface area contributed by atoms with Gasteiger partial charge in [-0.25, -0.2) is 13.1 Å². The van der Waals surface area contributed by atoms with Crippen molar-refractivity contribution in [3.8, 4) is 0 Å². The van der Waals surface area contributed by atoms with E-state index in [9.17, 15) is 13.2 Å². The Bertz CT molecular complexity index is 1140. The highest BCUT2D eigenvalue weighted by Gasteiger charge is 2.27. The number of likely N-dealkylation sites (tertiary alicyclic amines) is 1. The van der Waals surface area contributed by atoms with Crippen LogP contribution in [0.1, 0.15) is 22.3 Å². The van der Waals surface area contributed by atoms with Crippen LogP contribution in [0.4, 0.5) is 5.69 Å². The van der Waals surface area contributed by atoms with Gasteiger partial charge >= 0.3 is 0 Å². The number of nitrogens with one attached hydrogen (secondary N) is 2. The van der Waals surface area contributed by atoms with Crippen LogP contribution in [0.3, 0.4) is 0 Å². The molecule has 1 saturated heterocycles. The zero-order chi connectivity index (χ0) is 21.7. The monoisotopic (exact) mass is 435 g/mol. The molecule has 3 aromatic rings. The van der Waals surface area contributed by atoms with Crippen molar-refractivity contribution in [3.63, 3.8) is 0 Å². The molecular weight excluding hydrogens is 410 g/mol. The van der Waals surface area contributed by atoms with Crippen molar-refractivity contribution in [2.75, 3.05) is 18.4 Å². The molecule has 1 aliphatic rings. The summed E-state index contributed by atoms with van der Waals surface area (Å²) in [5.74, 6) is -0.155. The Morgan fingerprint density at radius 3 is 2.39 bits per heavy atom. The van der Waals surface area contributed by atoms with Gasteiger partial charge in [-0.2, -0.15) is 0 Å². The normalized spacial score (nSPS) is 16.3. The molecule has 0 aliphatic carbocycles. The van der Waals surface area contributed by atoms with Gasteiger partial charge < -0.3 is 10.2 Å². The molecule has 4 rings (SSSR count). The minimum Gasteiger partial charge on any atom is -0.380 e. The smallest absolute Gasteiger partial charge is 0.253 e. The largest absolute Gasteiger partial charge is 0.380 e. The summed E-state index contributed by atoms with van der Waals surface area (Å²) in [4.78, 5) is 14.8. The maximum absolute atomic E-state index is 13.0. The molecule has 1 unspecified atom stereocenters. The predicted octanol–water partition coefficient (Wildman–Crippen LogP) is 3.49. The van der Waals surface area contributed by atoms with Gasteiger partial charge in [0.05, 0.1) is 4.90 Å². The van der Waals surface area contributed by atoms with Gasteiger partial charge in [-0.1, -0.05) is 54.6 Å².